The Bertz CT molecular complexity index is 1640. The average Bonchev–Trinajstić information content (AvgIpc) is 3.74. The molecular formula is C28H25N5O2S3. The zero-order chi connectivity index (χ0) is 26.0. The predicted molar refractivity (Wildman–Crippen MR) is 152 cm³/mol. The van der Waals surface area contributed by atoms with Crippen molar-refractivity contribution in [1.29, 1.82) is 0 Å². The summed E-state index contributed by atoms with van der Waals surface area (Å²) in [5.41, 5.74) is 3.69. The van der Waals surface area contributed by atoms with E-state index in [0.717, 1.165) is 34.8 Å². The van der Waals surface area contributed by atoms with Crippen LogP contribution in [-0.4, -0.2) is 45.6 Å². The fraction of sp³-hybridized carbons (Fsp3) is 0.179. The summed E-state index contributed by atoms with van der Waals surface area (Å²) in [4.78, 5) is 5.09. The van der Waals surface area contributed by atoms with Gasteiger partial charge in [-0.15, -0.1) is 21.5 Å². The zero-order valence-corrected chi connectivity index (χ0v) is 22.9. The van der Waals surface area contributed by atoms with Crippen LogP contribution in [0.15, 0.2) is 100 Å². The molecular weight excluding hydrogens is 535 g/mol. The largest absolute Gasteiger partial charge is 0.270 e. The maximum absolute atomic E-state index is 13.2. The van der Waals surface area contributed by atoms with E-state index >= 15 is 0 Å². The van der Waals surface area contributed by atoms with Crippen molar-refractivity contribution in [2.45, 2.75) is 28.6 Å². The van der Waals surface area contributed by atoms with Crippen molar-refractivity contribution in [2.24, 2.45) is 0 Å². The van der Waals surface area contributed by atoms with Crippen LogP contribution >= 0.6 is 23.1 Å². The molecule has 1 fully saturated rings. The number of thioether (sulfide) groups is 1. The normalized spacial score (nSPS) is 14.2. The number of sulfonamides is 1. The summed E-state index contributed by atoms with van der Waals surface area (Å²) < 4.78 is 30.0. The van der Waals surface area contributed by atoms with Crippen LogP contribution in [0.1, 0.15) is 18.5 Å². The molecule has 3 heterocycles. The van der Waals surface area contributed by atoms with E-state index in [1.165, 1.54) is 0 Å². The quantitative estimate of drug-likeness (QED) is 0.213. The molecule has 0 amide bonds. The molecule has 0 spiro atoms. The molecule has 1 aliphatic rings. The molecule has 0 bridgehead atoms. The molecule has 10 heteroatoms. The predicted octanol–water partition coefficient (Wildman–Crippen LogP) is 6.13. The third-order valence-corrected chi connectivity index (χ3v) is 10.2. The van der Waals surface area contributed by atoms with Crippen LogP contribution in [0.25, 0.3) is 27.6 Å². The Morgan fingerprint density at radius 2 is 1.55 bits per heavy atom. The summed E-state index contributed by atoms with van der Waals surface area (Å²) in [5.74, 6) is 1.23. The SMILES string of the molecule is O=S(=O)(c1cccc(-c2nnc(SCc3csc(-c4ccccc4)n3)n2-c2ccccc2)c1)N1CCCC1. The number of thiazole rings is 1. The van der Waals surface area contributed by atoms with Gasteiger partial charge in [-0.25, -0.2) is 13.4 Å². The first-order chi connectivity index (χ1) is 18.6. The summed E-state index contributed by atoms with van der Waals surface area (Å²) in [6, 6.07) is 27.1. The van der Waals surface area contributed by atoms with Gasteiger partial charge in [-0.05, 0) is 37.1 Å². The second-order valence-corrected chi connectivity index (χ2v) is 12.7. The van der Waals surface area contributed by atoms with Gasteiger partial charge in [0, 0.05) is 41.0 Å². The number of rotatable bonds is 8. The Balaban J connectivity index is 1.32. The minimum absolute atomic E-state index is 0.282. The van der Waals surface area contributed by atoms with Crippen LogP contribution in [0.5, 0.6) is 0 Å². The molecule has 6 rings (SSSR count). The van der Waals surface area contributed by atoms with E-state index in [-0.39, 0.29) is 4.90 Å². The van der Waals surface area contributed by atoms with Crippen molar-refractivity contribution in [2.75, 3.05) is 13.1 Å². The minimum Gasteiger partial charge on any atom is -0.270 e. The van der Waals surface area contributed by atoms with E-state index in [1.807, 2.05) is 59.2 Å². The summed E-state index contributed by atoms with van der Waals surface area (Å²) in [6.45, 7) is 1.13. The third-order valence-electron chi connectivity index (χ3n) is 6.36. The van der Waals surface area contributed by atoms with Gasteiger partial charge < -0.3 is 0 Å². The number of hydrogen-bond donors (Lipinski definition) is 0. The van der Waals surface area contributed by atoms with Crippen molar-refractivity contribution >= 4 is 33.1 Å². The third kappa shape index (κ3) is 5.04. The number of aromatic nitrogens is 4. The highest BCUT2D eigenvalue weighted by atomic mass is 32.2. The summed E-state index contributed by atoms with van der Waals surface area (Å²) >= 11 is 3.18. The van der Waals surface area contributed by atoms with Crippen molar-refractivity contribution in [3.05, 3.63) is 96.0 Å². The van der Waals surface area contributed by atoms with E-state index in [9.17, 15) is 8.42 Å². The summed E-state index contributed by atoms with van der Waals surface area (Å²) in [5, 5.41) is 12.8. The Hall–Kier alpha value is -3.31. The van der Waals surface area contributed by atoms with Crippen molar-refractivity contribution in [1.82, 2.24) is 24.1 Å². The Kier molecular flexibility index (Phi) is 7.12. The monoisotopic (exact) mass is 559 g/mol. The lowest BCUT2D eigenvalue weighted by atomic mass is 10.2. The Labute approximate surface area is 230 Å². The molecule has 38 heavy (non-hydrogen) atoms. The maximum Gasteiger partial charge on any atom is 0.243 e. The fourth-order valence-corrected chi connectivity index (χ4v) is 7.80. The lowest BCUT2D eigenvalue weighted by Gasteiger charge is -2.16. The van der Waals surface area contributed by atoms with E-state index in [2.05, 4.69) is 27.7 Å². The van der Waals surface area contributed by atoms with Gasteiger partial charge >= 0.3 is 0 Å². The van der Waals surface area contributed by atoms with Crippen LogP contribution < -0.4 is 0 Å². The van der Waals surface area contributed by atoms with Crippen LogP contribution in [-0.2, 0) is 15.8 Å². The van der Waals surface area contributed by atoms with E-state index in [4.69, 9.17) is 4.98 Å². The van der Waals surface area contributed by atoms with Gasteiger partial charge in [0.15, 0.2) is 11.0 Å². The average molecular weight is 560 g/mol. The first-order valence-corrected chi connectivity index (χ1v) is 15.6. The fourth-order valence-electron chi connectivity index (χ4n) is 4.46. The standard InChI is InChI=1S/C28H25N5O2S3/c34-38(35,32-16-7-8-17-32)25-15-9-12-22(18-25)26-30-31-28(33(26)24-13-5-2-6-14-24)37-20-23-19-36-27(29-23)21-10-3-1-4-11-21/h1-6,9-15,18-19H,7-8,16-17,20H2. The molecule has 0 radical (unpaired) electrons. The van der Waals surface area contributed by atoms with Crippen molar-refractivity contribution < 1.29 is 8.42 Å². The van der Waals surface area contributed by atoms with Crippen molar-refractivity contribution in [3.8, 4) is 27.6 Å². The first-order valence-electron chi connectivity index (χ1n) is 12.3. The summed E-state index contributed by atoms with van der Waals surface area (Å²) in [6.07, 6.45) is 1.79. The van der Waals surface area contributed by atoms with Gasteiger partial charge in [0.1, 0.15) is 5.01 Å². The van der Waals surface area contributed by atoms with Crippen LogP contribution in [0, 0.1) is 0 Å². The summed E-state index contributed by atoms with van der Waals surface area (Å²) in [7, 11) is -3.54. The Morgan fingerprint density at radius 3 is 2.32 bits per heavy atom. The molecule has 0 unspecified atom stereocenters. The lowest BCUT2D eigenvalue weighted by molar-refractivity contribution is 0.477. The molecule has 0 saturated carbocycles. The van der Waals surface area contributed by atoms with Gasteiger partial charge in [0.05, 0.1) is 10.6 Å². The lowest BCUT2D eigenvalue weighted by Crippen LogP contribution is -2.27. The van der Waals surface area contributed by atoms with Crippen LogP contribution in [0.4, 0.5) is 0 Å². The van der Waals surface area contributed by atoms with Gasteiger partial charge in [0.2, 0.25) is 10.0 Å². The Morgan fingerprint density at radius 1 is 0.842 bits per heavy atom. The van der Waals surface area contributed by atoms with Crippen molar-refractivity contribution in [3.63, 3.8) is 0 Å². The van der Waals surface area contributed by atoms with Gasteiger partial charge in [0.25, 0.3) is 0 Å². The minimum atomic E-state index is -3.54. The molecule has 1 saturated heterocycles. The topological polar surface area (TPSA) is 81.0 Å². The number of nitrogens with zero attached hydrogens (tertiary/aromatic N) is 5. The molecule has 0 aliphatic carbocycles. The number of benzene rings is 3. The van der Waals surface area contributed by atoms with Crippen LogP contribution in [0.3, 0.4) is 0 Å². The molecule has 1 aliphatic heterocycles. The molecule has 7 nitrogen and oxygen atoms in total. The molecule has 0 N–H and O–H groups in total. The molecule has 5 aromatic rings. The smallest absolute Gasteiger partial charge is 0.243 e. The molecule has 3 aromatic carbocycles. The highest BCUT2D eigenvalue weighted by molar-refractivity contribution is 7.98. The molecule has 192 valence electrons. The zero-order valence-electron chi connectivity index (χ0n) is 20.5. The van der Waals surface area contributed by atoms with E-state index < -0.39 is 10.0 Å². The highest BCUT2D eigenvalue weighted by Crippen LogP contribution is 2.32. The second kappa shape index (κ2) is 10.8. The van der Waals surface area contributed by atoms with Gasteiger partial charge in [-0.2, -0.15) is 4.31 Å². The first kappa shape index (κ1) is 25.0. The number of hydrogen-bond acceptors (Lipinski definition) is 7. The number of para-hydroxylation sites is 1. The maximum atomic E-state index is 13.2. The van der Waals surface area contributed by atoms with Gasteiger partial charge in [-0.1, -0.05) is 72.4 Å². The van der Waals surface area contributed by atoms with E-state index in [1.54, 1.807) is 45.6 Å². The van der Waals surface area contributed by atoms with Crippen LogP contribution in [0.2, 0.25) is 0 Å². The highest BCUT2D eigenvalue weighted by Gasteiger charge is 2.28. The molecule has 2 aromatic heterocycles. The molecule has 0 atom stereocenters. The van der Waals surface area contributed by atoms with E-state index in [0.29, 0.717) is 35.4 Å². The van der Waals surface area contributed by atoms with Gasteiger partial charge in [-0.3, -0.25) is 4.57 Å². The second-order valence-electron chi connectivity index (χ2n) is 8.91.